The van der Waals surface area contributed by atoms with Crippen LogP contribution in [0.25, 0.3) is 11.3 Å². The minimum absolute atomic E-state index is 0.438. The van der Waals surface area contributed by atoms with Crippen molar-refractivity contribution in [1.29, 1.82) is 0 Å². The Morgan fingerprint density at radius 1 is 1.50 bits per heavy atom. The van der Waals surface area contributed by atoms with Crippen LogP contribution in [0.1, 0.15) is 0 Å². The molecule has 2 heterocycles. The molecule has 0 bridgehead atoms. The summed E-state index contributed by atoms with van der Waals surface area (Å²) in [7, 11) is 1.84. The maximum Gasteiger partial charge on any atom is 0.132 e. The van der Waals surface area contributed by atoms with Crippen molar-refractivity contribution in [2.45, 2.75) is 0 Å². The van der Waals surface area contributed by atoms with Crippen LogP contribution in [0, 0.1) is 0 Å². The van der Waals surface area contributed by atoms with E-state index < -0.39 is 0 Å². The summed E-state index contributed by atoms with van der Waals surface area (Å²) >= 11 is 5.82. The molecule has 2 aromatic heterocycles. The van der Waals surface area contributed by atoms with E-state index in [4.69, 9.17) is 17.3 Å². The molecule has 0 aromatic carbocycles. The number of nitrogens with two attached hydrogens (primary N) is 1. The lowest BCUT2D eigenvalue weighted by molar-refractivity contribution is 0.771. The van der Waals surface area contributed by atoms with Gasteiger partial charge in [0.2, 0.25) is 0 Å². The van der Waals surface area contributed by atoms with Crippen molar-refractivity contribution in [3.63, 3.8) is 0 Å². The summed E-state index contributed by atoms with van der Waals surface area (Å²) in [4.78, 5) is 3.96. The number of pyridine rings is 1. The van der Waals surface area contributed by atoms with Gasteiger partial charge < -0.3 is 5.73 Å². The van der Waals surface area contributed by atoms with E-state index in [1.165, 1.54) is 6.20 Å². The number of anilines is 1. The molecule has 0 saturated carbocycles. The summed E-state index contributed by atoms with van der Waals surface area (Å²) in [5.74, 6) is 0.438. The summed E-state index contributed by atoms with van der Waals surface area (Å²) in [5, 5.41) is 4.78. The summed E-state index contributed by atoms with van der Waals surface area (Å²) in [5.41, 5.74) is 7.25. The van der Waals surface area contributed by atoms with E-state index >= 15 is 0 Å². The zero-order valence-electron chi connectivity index (χ0n) is 7.61. The maximum absolute atomic E-state index is 5.82. The second kappa shape index (κ2) is 3.31. The number of aromatic nitrogens is 3. The molecule has 0 amide bonds. The van der Waals surface area contributed by atoms with Crippen LogP contribution in [-0.4, -0.2) is 14.8 Å². The van der Waals surface area contributed by atoms with E-state index in [1.54, 1.807) is 10.7 Å². The lowest BCUT2D eigenvalue weighted by Crippen LogP contribution is -1.95. The van der Waals surface area contributed by atoms with Gasteiger partial charge in [-0.05, 0) is 12.1 Å². The Morgan fingerprint density at radius 2 is 2.29 bits per heavy atom. The molecule has 2 N–H and O–H groups in total. The first-order valence-corrected chi connectivity index (χ1v) is 4.45. The van der Waals surface area contributed by atoms with Crippen LogP contribution in [0.5, 0.6) is 0 Å². The fraction of sp³-hybridized carbons (Fsp3) is 0.111. The number of rotatable bonds is 1. The van der Waals surface area contributed by atoms with Crippen molar-refractivity contribution >= 4 is 17.4 Å². The van der Waals surface area contributed by atoms with E-state index in [9.17, 15) is 0 Å². The van der Waals surface area contributed by atoms with Crippen molar-refractivity contribution in [2.24, 2.45) is 7.05 Å². The van der Waals surface area contributed by atoms with Crippen molar-refractivity contribution in [1.82, 2.24) is 14.8 Å². The lowest BCUT2D eigenvalue weighted by Gasteiger charge is -2.01. The van der Waals surface area contributed by atoms with Crippen LogP contribution in [0.15, 0.2) is 24.5 Å². The molecule has 4 nitrogen and oxygen atoms in total. The molecule has 0 saturated heterocycles. The third kappa shape index (κ3) is 1.56. The fourth-order valence-corrected chi connectivity index (χ4v) is 1.37. The first kappa shape index (κ1) is 9.02. The first-order valence-electron chi connectivity index (χ1n) is 4.08. The Bertz CT molecular complexity index is 464. The van der Waals surface area contributed by atoms with Gasteiger partial charge in [0.1, 0.15) is 5.82 Å². The Kier molecular flexibility index (Phi) is 2.13. The molecule has 2 rings (SSSR count). The van der Waals surface area contributed by atoms with Gasteiger partial charge in [0.05, 0.1) is 10.7 Å². The number of nitrogens with zero attached hydrogens (tertiary/aromatic N) is 3. The molecule has 0 aliphatic heterocycles. The minimum Gasteiger partial charge on any atom is -0.383 e. The molecular formula is C9H9ClN4. The second-order valence-corrected chi connectivity index (χ2v) is 3.40. The van der Waals surface area contributed by atoms with Gasteiger partial charge in [-0.2, -0.15) is 5.10 Å². The summed E-state index contributed by atoms with van der Waals surface area (Å²) < 4.78 is 1.70. The summed E-state index contributed by atoms with van der Waals surface area (Å²) in [6, 6.07) is 3.62. The van der Waals surface area contributed by atoms with Crippen molar-refractivity contribution in [3.05, 3.63) is 29.5 Å². The van der Waals surface area contributed by atoms with E-state index in [1.807, 2.05) is 19.3 Å². The first-order chi connectivity index (χ1) is 6.66. The molecule has 0 radical (unpaired) electrons. The molecule has 2 aromatic rings. The van der Waals surface area contributed by atoms with E-state index in [0.29, 0.717) is 10.8 Å². The van der Waals surface area contributed by atoms with Gasteiger partial charge in [0, 0.05) is 25.0 Å². The van der Waals surface area contributed by atoms with Crippen LogP contribution in [0.4, 0.5) is 5.82 Å². The second-order valence-electron chi connectivity index (χ2n) is 2.96. The molecule has 14 heavy (non-hydrogen) atoms. The third-order valence-electron chi connectivity index (χ3n) is 1.87. The standard InChI is InChI=1S/C9H9ClN4/c1-14-3-2-8(13-14)7-4-6(10)5-12-9(7)11/h2-5H,1H3,(H2,11,12). The molecule has 0 fully saturated rings. The molecule has 0 atom stereocenters. The van der Waals surface area contributed by atoms with E-state index in [-0.39, 0.29) is 0 Å². The zero-order valence-corrected chi connectivity index (χ0v) is 8.36. The van der Waals surface area contributed by atoms with Gasteiger partial charge in [-0.3, -0.25) is 4.68 Å². The molecule has 0 aliphatic carbocycles. The third-order valence-corrected chi connectivity index (χ3v) is 2.08. The van der Waals surface area contributed by atoms with Crippen LogP contribution in [0.2, 0.25) is 5.02 Å². The van der Waals surface area contributed by atoms with Crippen molar-refractivity contribution in [2.75, 3.05) is 5.73 Å². The predicted molar refractivity (Wildman–Crippen MR) is 55.9 cm³/mol. The summed E-state index contributed by atoms with van der Waals surface area (Å²) in [6.45, 7) is 0. The van der Waals surface area contributed by atoms with Gasteiger partial charge in [-0.1, -0.05) is 11.6 Å². The van der Waals surface area contributed by atoms with Gasteiger partial charge in [0.25, 0.3) is 0 Å². The van der Waals surface area contributed by atoms with Crippen LogP contribution in [0.3, 0.4) is 0 Å². The smallest absolute Gasteiger partial charge is 0.132 e. The summed E-state index contributed by atoms with van der Waals surface area (Å²) in [6.07, 6.45) is 3.36. The normalized spacial score (nSPS) is 10.4. The number of hydrogen-bond donors (Lipinski definition) is 1. The SMILES string of the molecule is Cn1ccc(-c2cc(Cl)cnc2N)n1. The highest BCUT2D eigenvalue weighted by molar-refractivity contribution is 6.30. The molecule has 0 aliphatic rings. The highest BCUT2D eigenvalue weighted by Crippen LogP contribution is 2.24. The minimum atomic E-state index is 0.438. The fourth-order valence-electron chi connectivity index (χ4n) is 1.21. The van der Waals surface area contributed by atoms with Crippen molar-refractivity contribution < 1.29 is 0 Å². The van der Waals surface area contributed by atoms with Gasteiger partial charge in [-0.15, -0.1) is 0 Å². The number of hydrogen-bond acceptors (Lipinski definition) is 3. The van der Waals surface area contributed by atoms with Gasteiger partial charge in [0.15, 0.2) is 0 Å². The Hall–Kier alpha value is -1.55. The highest BCUT2D eigenvalue weighted by atomic mass is 35.5. The molecule has 5 heteroatoms. The van der Waals surface area contributed by atoms with Gasteiger partial charge in [-0.25, -0.2) is 4.98 Å². The Morgan fingerprint density at radius 3 is 2.93 bits per heavy atom. The Balaban J connectivity index is 2.55. The molecule has 0 spiro atoms. The molecular weight excluding hydrogens is 200 g/mol. The van der Waals surface area contributed by atoms with Crippen LogP contribution < -0.4 is 5.73 Å². The largest absolute Gasteiger partial charge is 0.383 e. The molecule has 0 unspecified atom stereocenters. The Labute approximate surface area is 86.3 Å². The van der Waals surface area contributed by atoms with E-state index in [2.05, 4.69) is 10.1 Å². The monoisotopic (exact) mass is 208 g/mol. The van der Waals surface area contributed by atoms with E-state index in [0.717, 1.165) is 11.3 Å². The predicted octanol–water partition coefficient (Wildman–Crippen LogP) is 1.72. The van der Waals surface area contributed by atoms with Crippen molar-refractivity contribution in [3.8, 4) is 11.3 Å². The quantitative estimate of drug-likeness (QED) is 0.777. The topological polar surface area (TPSA) is 56.7 Å². The number of aryl methyl sites for hydroxylation is 1. The number of halogens is 1. The maximum atomic E-state index is 5.82. The van der Waals surface area contributed by atoms with Gasteiger partial charge >= 0.3 is 0 Å². The highest BCUT2D eigenvalue weighted by Gasteiger charge is 2.06. The molecule has 72 valence electrons. The zero-order chi connectivity index (χ0) is 10.1. The van der Waals surface area contributed by atoms with Crippen LogP contribution in [-0.2, 0) is 7.05 Å². The average molecular weight is 209 g/mol. The average Bonchev–Trinajstić information content (AvgIpc) is 2.56. The number of nitrogen functional groups attached to an aromatic ring is 1. The lowest BCUT2D eigenvalue weighted by atomic mass is 10.2. The van der Waals surface area contributed by atoms with Crippen LogP contribution >= 0.6 is 11.6 Å².